The molecule has 152 valence electrons. The van der Waals surface area contributed by atoms with E-state index in [-0.39, 0.29) is 24.2 Å². The van der Waals surface area contributed by atoms with Crippen LogP contribution in [0, 0.1) is 5.92 Å². The van der Waals surface area contributed by atoms with Crippen molar-refractivity contribution in [3.05, 3.63) is 35.9 Å². The molecule has 0 N–H and O–H groups in total. The molecule has 0 radical (unpaired) electrons. The summed E-state index contributed by atoms with van der Waals surface area (Å²) in [5.74, 6) is 1.78. The molecule has 0 aromatic carbocycles. The van der Waals surface area contributed by atoms with Crippen LogP contribution in [0.4, 0.5) is 8.78 Å². The molecule has 1 saturated carbocycles. The molecule has 6 nitrogen and oxygen atoms in total. The molecular weight excluding hydrogens is 364 g/mol. The largest absolute Gasteiger partial charge is 0.338 e. The van der Waals surface area contributed by atoms with Gasteiger partial charge in [-0.1, -0.05) is 19.3 Å². The molecule has 1 amide bonds. The lowest BCUT2D eigenvalue weighted by atomic mass is 9.88. The summed E-state index contributed by atoms with van der Waals surface area (Å²) in [7, 11) is 1.66. The average Bonchev–Trinajstić information content (AvgIpc) is 3.34. The number of alkyl halides is 2. The Morgan fingerprint density at radius 2 is 2.04 bits per heavy atom. The van der Waals surface area contributed by atoms with Crippen LogP contribution in [-0.2, 0) is 24.3 Å². The van der Waals surface area contributed by atoms with Gasteiger partial charge in [-0.3, -0.25) is 9.36 Å². The third kappa shape index (κ3) is 3.69. The Morgan fingerprint density at radius 3 is 2.79 bits per heavy atom. The zero-order chi connectivity index (χ0) is 19.7. The van der Waals surface area contributed by atoms with Gasteiger partial charge in [-0.15, -0.1) is 0 Å². The number of aromatic nitrogens is 4. The van der Waals surface area contributed by atoms with E-state index in [2.05, 4.69) is 9.55 Å². The number of hydrogen-bond acceptors (Lipinski definition) is 3. The van der Waals surface area contributed by atoms with Crippen molar-refractivity contribution in [2.24, 2.45) is 5.92 Å². The number of carbonyl (C=O) groups is 1. The van der Waals surface area contributed by atoms with Gasteiger partial charge in [0.15, 0.2) is 0 Å². The van der Waals surface area contributed by atoms with Crippen LogP contribution in [0.25, 0.3) is 0 Å². The van der Waals surface area contributed by atoms with E-state index in [0.717, 1.165) is 23.2 Å². The number of nitrogens with zero attached hydrogens (tertiary/aromatic N) is 5. The lowest BCUT2D eigenvalue weighted by Crippen LogP contribution is -2.37. The highest BCUT2D eigenvalue weighted by Gasteiger charge is 2.31. The molecule has 0 unspecified atom stereocenters. The van der Waals surface area contributed by atoms with Crippen LogP contribution in [0.15, 0.2) is 18.6 Å². The summed E-state index contributed by atoms with van der Waals surface area (Å²) < 4.78 is 29.1. The van der Waals surface area contributed by atoms with E-state index in [1.54, 1.807) is 7.05 Å². The van der Waals surface area contributed by atoms with E-state index in [1.807, 2.05) is 6.20 Å². The third-order valence-electron chi connectivity index (χ3n) is 6.16. The highest BCUT2D eigenvalue weighted by atomic mass is 19.3. The molecule has 0 bridgehead atoms. The highest BCUT2D eigenvalue weighted by Crippen LogP contribution is 2.34. The number of hydrogen-bond donors (Lipinski definition) is 0. The van der Waals surface area contributed by atoms with Crippen LogP contribution in [-0.4, -0.2) is 37.0 Å². The summed E-state index contributed by atoms with van der Waals surface area (Å²) in [6.07, 6.45) is 12.2. The van der Waals surface area contributed by atoms with Crippen LogP contribution in [0.2, 0.25) is 0 Å². The molecular formula is C20H27F2N5O. The summed E-state index contributed by atoms with van der Waals surface area (Å²) in [5.41, 5.74) is 1.12. The van der Waals surface area contributed by atoms with E-state index in [4.69, 9.17) is 4.98 Å². The molecule has 1 atom stereocenters. The molecule has 0 saturated heterocycles. The zero-order valence-electron chi connectivity index (χ0n) is 16.2. The smallest absolute Gasteiger partial charge is 0.319 e. The highest BCUT2D eigenvalue weighted by molar-refractivity contribution is 5.79. The predicted molar refractivity (Wildman–Crippen MR) is 99.8 cm³/mol. The van der Waals surface area contributed by atoms with Gasteiger partial charge in [0.2, 0.25) is 5.91 Å². The van der Waals surface area contributed by atoms with Gasteiger partial charge in [0.1, 0.15) is 11.6 Å². The van der Waals surface area contributed by atoms with Crippen molar-refractivity contribution in [1.29, 1.82) is 0 Å². The fourth-order valence-electron chi connectivity index (χ4n) is 4.63. The summed E-state index contributed by atoms with van der Waals surface area (Å²) in [5, 5.41) is 0. The topological polar surface area (TPSA) is 56.0 Å². The Morgan fingerprint density at radius 1 is 1.25 bits per heavy atom. The van der Waals surface area contributed by atoms with Crippen molar-refractivity contribution in [1.82, 2.24) is 24.0 Å². The molecule has 3 heterocycles. The van der Waals surface area contributed by atoms with Crippen LogP contribution in [0.5, 0.6) is 0 Å². The Kier molecular flexibility index (Phi) is 5.46. The van der Waals surface area contributed by atoms with Crippen molar-refractivity contribution in [2.45, 2.75) is 70.5 Å². The van der Waals surface area contributed by atoms with Crippen molar-refractivity contribution in [3.8, 4) is 0 Å². The van der Waals surface area contributed by atoms with Crippen LogP contribution in [0.3, 0.4) is 0 Å². The Balaban J connectivity index is 1.41. The van der Waals surface area contributed by atoms with E-state index < -0.39 is 6.55 Å². The second kappa shape index (κ2) is 8.01. The minimum absolute atomic E-state index is 0.0181. The van der Waals surface area contributed by atoms with Crippen molar-refractivity contribution in [2.75, 3.05) is 7.05 Å². The molecule has 2 aliphatic rings. The van der Waals surface area contributed by atoms with Gasteiger partial charge in [0.05, 0.1) is 6.54 Å². The number of fused-ring (bicyclic) bond motifs is 1. The lowest BCUT2D eigenvalue weighted by molar-refractivity contribution is -0.135. The van der Waals surface area contributed by atoms with Crippen LogP contribution >= 0.6 is 0 Å². The van der Waals surface area contributed by atoms with Crippen molar-refractivity contribution < 1.29 is 13.6 Å². The number of carbonyl (C=O) groups excluding carboxylic acids is 1. The van der Waals surface area contributed by atoms with Crippen LogP contribution < -0.4 is 0 Å². The molecule has 2 aromatic rings. The minimum Gasteiger partial charge on any atom is -0.338 e. The molecule has 1 fully saturated rings. The van der Waals surface area contributed by atoms with Crippen molar-refractivity contribution >= 4 is 5.91 Å². The Hall–Kier alpha value is -2.25. The molecule has 2 aromatic heterocycles. The predicted octanol–water partition coefficient (Wildman–Crippen LogP) is 3.74. The van der Waals surface area contributed by atoms with E-state index >= 15 is 0 Å². The van der Waals surface area contributed by atoms with Gasteiger partial charge in [-0.25, -0.2) is 9.97 Å². The first-order valence-electron chi connectivity index (χ1n) is 10.1. The summed E-state index contributed by atoms with van der Waals surface area (Å²) in [6, 6.07) is 0. The Labute approximate surface area is 163 Å². The summed E-state index contributed by atoms with van der Waals surface area (Å²) in [6.45, 7) is -1.76. The number of rotatable bonds is 5. The first-order chi connectivity index (χ1) is 13.5. The molecule has 28 heavy (non-hydrogen) atoms. The standard InChI is InChI=1S/C20H27F2N5O/c1-25(13-17-23-8-10-27(17)20(21)22)19(28)15-7-9-26-16(11-15)12-24-18(26)14-5-3-2-4-6-14/h8,10,12,14-15,20H,2-7,9,11,13H2,1H3/t15-/m1/s1. The average molecular weight is 391 g/mol. The third-order valence-corrected chi connectivity index (χ3v) is 6.16. The van der Waals surface area contributed by atoms with Gasteiger partial charge in [-0.2, -0.15) is 8.78 Å². The number of imidazole rings is 2. The quantitative estimate of drug-likeness (QED) is 0.780. The fourth-order valence-corrected chi connectivity index (χ4v) is 4.63. The maximum atomic E-state index is 13.0. The Bertz CT molecular complexity index is 824. The van der Waals surface area contributed by atoms with Gasteiger partial charge in [-0.05, 0) is 19.3 Å². The molecule has 1 aliphatic carbocycles. The van der Waals surface area contributed by atoms with Gasteiger partial charge in [0.25, 0.3) is 0 Å². The number of halogens is 2. The minimum atomic E-state index is -2.65. The SMILES string of the molecule is CN(Cc1nccn1C(F)F)C(=O)[C@@H]1CCn2c(cnc2C2CCCCC2)C1. The second-order valence-electron chi connectivity index (χ2n) is 8.01. The van der Waals surface area contributed by atoms with E-state index in [0.29, 0.717) is 12.3 Å². The second-order valence-corrected chi connectivity index (χ2v) is 8.01. The maximum Gasteiger partial charge on any atom is 0.319 e. The first kappa shape index (κ1) is 19.1. The normalized spacial score (nSPS) is 20.4. The van der Waals surface area contributed by atoms with Crippen LogP contribution in [0.1, 0.15) is 68.3 Å². The monoisotopic (exact) mass is 391 g/mol. The first-order valence-corrected chi connectivity index (χ1v) is 10.1. The molecule has 0 spiro atoms. The molecule has 1 aliphatic heterocycles. The fraction of sp³-hybridized carbons (Fsp3) is 0.650. The van der Waals surface area contributed by atoms with Gasteiger partial charge < -0.3 is 9.47 Å². The number of amides is 1. The summed E-state index contributed by atoms with van der Waals surface area (Å²) >= 11 is 0. The zero-order valence-corrected chi connectivity index (χ0v) is 16.2. The molecule has 8 heteroatoms. The molecule has 4 rings (SSSR count). The lowest BCUT2D eigenvalue weighted by Gasteiger charge is -2.29. The van der Waals surface area contributed by atoms with Crippen molar-refractivity contribution in [3.63, 3.8) is 0 Å². The van der Waals surface area contributed by atoms with Gasteiger partial charge in [0, 0.05) is 56.1 Å². The van der Waals surface area contributed by atoms with E-state index in [9.17, 15) is 13.6 Å². The van der Waals surface area contributed by atoms with Gasteiger partial charge >= 0.3 is 6.55 Å². The summed E-state index contributed by atoms with van der Waals surface area (Å²) in [4.78, 5) is 23.1. The maximum absolute atomic E-state index is 13.0. The van der Waals surface area contributed by atoms with E-state index in [1.165, 1.54) is 55.2 Å².